The molecule has 2 heterocycles. The van der Waals surface area contributed by atoms with Crippen LogP contribution in [0.5, 0.6) is 0 Å². The van der Waals surface area contributed by atoms with Crippen molar-refractivity contribution in [2.75, 3.05) is 18.4 Å². The molecule has 6 nitrogen and oxygen atoms in total. The maximum atomic E-state index is 13.0. The highest BCUT2D eigenvalue weighted by Gasteiger charge is 2.27. The van der Waals surface area contributed by atoms with E-state index in [1.54, 1.807) is 31.3 Å². The highest BCUT2D eigenvalue weighted by molar-refractivity contribution is 7.89. The highest BCUT2D eigenvalue weighted by Crippen LogP contribution is 2.25. The quantitative estimate of drug-likeness (QED) is 0.707. The second-order valence-corrected chi connectivity index (χ2v) is 9.21. The Morgan fingerprint density at radius 2 is 1.79 bits per heavy atom. The van der Waals surface area contributed by atoms with E-state index in [9.17, 15) is 13.2 Å². The van der Waals surface area contributed by atoms with Crippen LogP contribution in [0.25, 0.3) is 10.9 Å². The van der Waals surface area contributed by atoms with Crippen LogP contribution in [0.2, 0.25) is 0 Å². The van der Waals surface area contributed by atoms with Crippen LogP contribution in [0, 0.1) is 6.92 Å². The van der Waals surface area contributed by atoms with Gasteiger partial charge in [-0.25, -0.2) is 8.42 Å². The number of carbonyl (C=O) groups excluding carboxylic acids is 1. The third-order valence-corrected chi connectivity index (χ3v) is 7.18. The SMILES string of the molecule is Cc1ccc(S(=O)(=O)N2CCCCC2)cc1C(=O)Nc1cccc2cccnc12. The summed E-state index contributed by atoms with van der Waals surface area (Å²) in [6, 6.07) is 14.1. The number of pyridine rings is 1. The molecule has 1 aliphatic heterocycles. The number of para-hydroxylation sites is 1. The molecule has 1 aliphatic rings. The van der Waals surface area contributed by atoms with Crippen molar-refractivity contribution < 1.29 is 13.2 Å². The number of amides is 1. The largest absolute Gasteiger partial charge is 0.320 e. The molecule has 0 bridgehead atoms. The fraction of sp³-hybridized carbons (Fsp3) is 0.273. The van der Waals surface area contributed by atoms with Crippen molar-refractivity contribution in [1.82, 2.24) is 9.29 Å². The lowest BCUT2D eigenvalue weighted by atomic mass is 10.1. The lowest BCUT2D eigenvalue weighted by Gasteiger charge is -2.26. The van der Waals surface area contributed by atoms with Gasteiger partial charge in [0, 0.05) is 30.2 Å². The van der Waals surface area contributed by atoms with Gasteiger partial charge in [0.05, 0.1) is 16.1 Å². The molecule has 1 amide bonds. The number of piperidine rings is 1. The predicted octanol–water partition coefficient (Wildman–Crippen LogP) is 3.97. The molecule has 0 atom stereocenters. The van der Waals surface area contributed by atoms with Crippen molar-refractivity contribution in [3.63, 3.8) is 0 Å². The Kier molecular flexibility index (Phi) is 5.34. The molecule has 150 valence electrons. The van der Waals surface area contributed by atoms with Crippen molar-refractivity contribution in [1.29, 1.82) is 0 Å². The Morgan fingerprint density at radius 3 is 2.59 bits per heavy atom. The van der Waals surface area contributed by atoms with Crippen molar-refractivity contribution in [3.8, 4) is 0 Å². The smallest absolute Gasteiger partial charge is 0.256 e. The normalized spacial score (nSPS) is 15.3. The first kappa shape index (κ1) is 19.5. The van der Waals surface area contributed by atoms with Crippen molar-refractivity contribution in [2.45, 2.75) is 31.1 Å². The summed E-state index contributed by atoms with van der Waals surface area (Å²) in [6.07, 6.45) is 4.46. The van der Waals surface area contributed by atoms with Crippen LogP contribution in [0.4, 0.5) is 5.69 Å². The number of fused-ring (bicyclic) bond motifs is 1. The number of benzene rings is 2. The molecule has 0 radical (unpaired) electrons. The van der Waals surface area contributed by atoms with Gasteiger partial charge < -0.3 is 5.32 Å². The molecule has 0 aliphatic carbocycles. The minimum Gasteiger partial charge on any atom is -0.320 e. The van der Waals surface area contributed by atoms with E-state index in [2.05, 4.69) is 10.3 Å². The molecule has 1 fully saturated rings. The van der Waals surface area contributed by atoms with Gasteiger partial charge in [-0.05, 0) is 49.6 Å². The summed E-state index contributed by atoms with van der Waals surface area (Å²) in [5.74, 6) is -0.351. The molecule has 1 N–H and O–H groups in total. The average molecular weight is 410 g/mol. The standard InChI is InChI=1S/C22H23N3O3S/c1-16-10-11-18(29(27,28)25-13-3-2-4-14-25)15-19(16)22(26)24-20-9-5-7-17-8-6-12-23-21(17)20/h5-12,15H,2-4,13-14H2,1H3,(H,24,26). The first-order valence-corrected chi connectivity index (χ1v) is 11.2. The van der Waals surface area contributed by atoms with E-state index in [1.165, 1.54) is 10.4 Å². The van der Waals surface area contributed by atoms with E-state index in [0.29, 0.717) is 35.4 Å². The van der Waals surface area contributed by atoms with Crippen LogP contribution in [0.1, 0.15) is 35.2 Å². The molecule has 3 aromatic rings. The predicted molar refractivity (Wildman–Crippen MR) is 113 cm³/mol. The third kappa shape index (κ3) is 3.88. The lowest BCUT2D eigenvalue weighted by molar-refractivity contribution is 0.102. The van der Waals surface area contributed by atoms with Gasteiger partial charge in [-0.3, -0.25) is 9.78 Å². The number of hydrogen-bond donors (Lipinski definition) is 1. The topological polar surface area (TPSA) is 79.4 Å². The number of aromatic nitrogens is 1. The zero-order chi connectivity index (χ0) is 20.4. The number of rotatable bonds is 4. The Labute approximate surface area is 170 Å². The Morgan fingerprint density at radius 1 is 1.03 bits per heavy atom. The summed E-state index contributed by atoms with van der Waals surface area (Å²) < 4.78 is 27.5. The van der Waals surface area contributed by atoms with Crippen LogP contribution < -0.4 is 5.32 Å². The molecular formula is C22H23N3O3S. The number of anilines is 1. The maximum absolute atomic E-state index is 13.0. The zero-order valence-electron chi connectivity index (χ0n) is 16.3. The molecule has 0 unspecified atom stereocenters. The van der Waals surface area contributed by atoms with Gasteiger partial charge in [0.15, 0.2) is 0 Å². The second-order valence-electron chi connectivity index (χ2n) is 7.28. The highest BCUT2D eigenvalue weighted by atomic mass is 32.2. The van der Waals surface area contributed by atoms with E-state index < -0.39 is 10.0 Å². The molecule has 29 heavy (non-hydrogen) atoms. The first-order valence-electron chi connectivity index (χ1n) is 9.73. The summed E-state index contributed by atoms with van der Waals surface area (Å²) in [5, 5.41) is 3.81. The molecule has 1 aromatic heterocycles. The lowest BCUT2D eigenvalue weighted by Crippen LogP contribution is -2.35. The van der Waals surface area contributed by atoms with Crippen LogP contribution in [-0.2, 0) is 10.0 Å². The van der Waals surface area contributed by atoms with Gasteiger partial charge >= 0.3 is 0 Å². The number of nitrogens with zero attached hydrogens (tertiary/aromatic N) is 2. The fourth-order valence-electron chi connectivity index (χ4n) is 3.66. The van der Waals surface area contributed by atoms with Gasteiger partial charge in [-0.1, -0.05) is 30.7 Å². The third-order valence-electron chi connectivity index (χ3n) is 5.29. The van der Waals surface area contributed by atoms with E-state index in [-0.39, 0.29) is 10.8 Å². The van der Waals surface area contributed by atoms with E-state index >= 15 is 0 Å². The molecule has 0 saturated carbocycles. The molecule has 1 saturated heterocycles. The van der Waals surface area contributed by atoms with Crippen LogP contribution in [0.3, 0.4) is 0 Å². The van der Waals surface area contributed by atoms with Gasteiger partial charge in [0.25, 0.3) is 5.91 Å². The summed E-state index contributed by atoms with van der Waals surface area (Å²) in [6.45, 7) is 2.85. The minimum atomic E-state index is -3.60. The Balaban J connectivity index is 1.66. The van der Waals surface area contributed by atoms with E-state index in [0.717, 1.165) is 24.6 Å². The number of nitrogens with one attached hydrogen (secondary N) is 1. The van der Waals surface area contributed by atoms with Crippen molar-refractivity contribution in [2.24, 2.45) is 0 Å². The van der Waals surface area contributed by atoms with Crippen LogP contribution in [0.15, 0.2) is 59.6 Å². The van der Waals surface area contributed by atoms with Crippen LogP contribution in [-0.4, -0.2) is 36.7 Å². The summed E-state index contributed by atoms with van der Waals surface area (Å²) >= 11 is 0. The minimum absolute atomic E-state index is 0.159. The maximum Gasteiger partial charge on any atom is 0.256 e. The van der Waals surface area contributed by atoms with Gasteiger partial charge in [-0.15, -0.1) is 0 Å². The number of carbonyl (C=O) groups is 1. The Bertz CT molecular complexity index is 1160. The first-order chi connectivity index (χ1) is 14.0. The van der Waals surface area contributed by atoms with Gasteiger partial charge in [0.1, 0.15) is 0 Å². The molecular weight excluding hydrogens is 386 g/mol. The second kappa shape index (κ2) is 7.93. The van der Waals surface area contributed by atoms with Crippen molar-refractivity contribution >= 4 is 32.5 Å². The van der Waals surface area contributed by atoms with E-state index in [4.69, 9.17) is 0 Å². The number of hydrogen-bond acceptors (Lipinski definition) is 4. The summed E-state index contributed by atoms with van der Waals surface area (Å²) in [4.78, 5) is 17.5. The van der Waals surface area contributed by atoms with Crippen LogP contribution >= 0.6 is 0 Å². The van der Waals surface area contributed by atoms with E-state index in [1.807, 2.05) is 24.3 Å². The van der Waals surface area contributed by atoms with Crippen molar-refractivity contribution in [3.05, 3.63) is 65.9 Å². The molecule has 2 aromatic carbocycles. The number of sulfonamides is 1. The number of aryl methyl sites for hydroxylation is 1. The average Bonchev–Trinajstić information content (AvgIpc) is 2.75. The fourth-order valence-corrected chi connectivity index (χ4v) is 5.20. The molecule has 0 spiro atoms. The zero-order valence-corrected chi connectivity index (χ0v) is 17.1. The molecule has 4 rings (SSSR count). The summed E-state index contributed by atoms with van der Waals surface area (Å²) in [5.41, 5.74) is 2.35. The Hall–Kier alpha value is -2.77. The molecule has 7 heteroatoms. The summed E-state index contributed by atoms with van der Waals surface area (Å²) in [7, 11) is -3.60. The van der Waals surface area contributed by atoms with Gasteiger partial charge in [0.2, 0.25) is 10.0 Å². The monoisotopic (exact) mass is 409 g/mol. The van der Waals surface area contributed by atoms with Gasteiger partial charge in [-0.2, -0.15) is 4.31 Å².